The van der Waals surface area contributed by atoms with Crippen molar-refractivity contribution >= 4 is 17.6 Å². The van der Waals surface area contributed by atoms with Gasteiger partial charge >= 0.3 is 6.03 Å². The maximum atomic E-state index is 12.9. The quantitative estimate of drug-likeness (QED) is 0.642. The molecule has 26 heavy (non-hydrogen) atoms. The minimum atomic E-state index is -0.659. The summed E-state index contributed by atoms with van der Waals surface area (Å²) in [4.78, 5) is 36.7. The van der Waals surface area contributed by atoms with E-state index < -0.39 is 17.0 Å². The maximum Gasteiger partial charge on any atom is 0.319 e. The molecule has 4 rings (SSSR count). The van der Waals surface area contributed by atoms with Gasteiger partial charge in [-0.05, 0) is 29.8 Å². The third kappa shape index (κ3) is 2.69. The average Bonchev–Trinajstić information content (AvgIpc) is 3.23. The Balaban J connectivity index is 1.63. The van der Waals surface area contributed by atoms with Crippen molar-refractivity contribution in [1.29, 1.82) is 0 Å². The van der Waals surface area contributed by atoms with Gasteiger partial charge < -0.3 is 20.0 Å². The van der Waals surface area contributed by atoms with Crippen molar-refractivity contribution in [2.45, 2.75) is 12.6 Å². The van der Waals surface area contributed by atoms with Gasteiger partial charge in [0, 0.05) is 12.1 Å². The van der Waals surface area contributed by atoms with Crippen molar-refractivity contribution in [1.82, 2.24) is 15.5 Å². The molecule has 2 aliphatic rings. The summed E-state index contributed by atoms with van der Waals surface area (Å²) < 4.78 is 5.29. The lowest BCUT2D eigenvalue weighted by atomic mass is 9.96. The Labute approximate surface area is 147 Å². The smallest absolute Gasteiger partial charge is 0.319 e. The number of furan rings is 1. The SMILES string of the molecule is O=C1NC2=C(C(=O)N(Cc3ccco3)C2)[C@@H](c2ccc([N+](=O)[O-])cc2)N1. The van der Waals surface area contributed by atoms with Gasteiger partial charge in [-0.25, -0.2) is 4.79 Å². The number of nitrogens with zero attached hydrogens (tertiary/aromatic N) is 2. The van der Waals surface area contributed by atoms with E-state index in [9.17, 15) is 19.7 Å². The van der Waals surface area contributed by atoms with Crippen molar-refractivity contribution in [2.24, 2.45) is 0 Å². The summed E-state index contributed by atoms with van der Waals surface area (Å²) in [5.74, 6) is 0.427. The van der Waals surface area contributed by atoms with Crippen molar-refractivity contribution in [3.8, 4) is 0 Å². The number of benzene rings is 1. The molecule has 0 saturated heterocycles. The number of urea groups is 1. The first-order valence-corrected chi connectivity index (χ1v) is 7.89. The number of hydrogen-bond acceptors (Lipinski definition) is 5. The Morgan fingerprint density at radius 2 is 2.00 bits per heavy atom. The summed E-state index contributed by atoms with van der Waals surface area (Å²) in [6, 6.07) is 8.23. The molecule has 0 fully saturated rings. The molecule has 0 bridgehead atoms. The number of carbonyl (C=O) groups is 2. The van der Waals surface area contributed by atoms with Crippen LogP contribution in [0.2, 0.25) is 0 Å². The summed E-state index contributed by atoms with van der Waals surface area (Å²) >= 11 is 0. The molecule has 1 aromatic carbocycles. The maximum absolute atomic E-state index is 12.9. The van der Waals surface area contributed by atoms with Gasteiger partial charge in [0.2, 0.25) is 0 Å². The van der Waals surface area contributed by atoms with Gasteiger partial charge in [-0.3, -0.25) is 14.9 Å². The fourth-order valence-corrected chi connectivity index (χ4v) is 3.19. The molecule has 1 atom stereocenters. The van der Waals surface area contributed by atoms with Gasteiger partial charge in [0.25, 0.3) is 11.6 Å². The van der Waals surface area contributed by atoms with Gasteiger partial charge in [0.1, 0.15) is 5.76 Å². The second-order valence-electron chi connectivity index (χ2n) is 6.01. The molecule has 3 heterocycles. The van der Waals surface area contributed by atoms with Crippen LogP contribution in [-0.4, -0.2) is 28.3 Å². The first-order valence-electron chi connectivity index (χ1n) is 7.89. The second kappa shape index (κ2) is 6.03. The molecule has 132 valence electrons. The van der Waals surface area contributed by atoms with Crippen LogP contribution in [0.3, 0.4) is 0 Å². The van der Waals surface area contributed by atoms with E-state index in [0.717, 1.165) is 0 Å². The van der Waals surface area contributed by atoms with Crippen LogP contribution < -0.4 is 10.6 Å². The predicted molar refractivity (Wildman–Crippen MR) is 88.7 cm³/mol. The standard InChI is InChI=1S/C17H14N4O5/c22-16-14-13(9-20(16)8-12-2-1-7-26-12)18-17(23)19-15(14)10-3-5-11(6-4-10)21(24)25/h1-7,15H,8-9H2,(H2,18,19,23)/t15-/m1/s1. The number of hydrogen-bond donors (Lipinski definition) is 2. The lowest BCUT2D eigenvalue weighted by Crippen LogP contribution is -2.44. The van der Waals surface area contributed by atoms with E-state index in [2.05, 4.69) is 10.6 Å². The lowest BCUT2D eigenvalue weighted by Gasteiger charge is -2.25. The molecule has 9 heteroatoms. The Hall–Kier alpha value is -3.62. The van der Waals surface area contributed by atoms with E-state index in [1.54, 1.807) is 29.2 Å². The van der Waals surface area contributed by atoms with Crippen molar-refractivity contribution < 1.29 is 18.9 Å². The highest BCUT2D eigenvalue weighted by molar-refractivity contribution is 6.01. The molecular weight excluding hydrogens is 340 g/mol. The van der Waals surface area contributed by atoms with Gasteiger partial charge in [-0.15, -0.1) is 0 Å². The zero-order valence-corrected chi connectivity index (χ0v) is 13.5. The molecular formula is C17H14N4O5. The van der Waals surface area contributed by atoms with Crippen LogP contribution in [-0.2, 0) is 11.3 Å². The fourth-order valence-electron chi connectivity index (χ4n) is 3.19. The van der Waals surface area contributed by atoms with E-state index in [-0.39, 0.29) is 18.1 Å². The Morgan fingerprint density at radius 3 is 2.65 bits per heavy atom. The second-order valence-corrected chi connectivity index (χ2v) is 6.01. The molecule has 3 amide bonds. The van der Waals surface area contributed by atoms with Crippen LogP contribution in [0, 0.1) is 10.1 Å². The summed E-state index contributed by atoms with van der Waals surface area (Å²) in [5.41, 5.74) is 1.52. The van der Waals surface area contributed by atoms with Gasteiger partial charge in [-0.1, -0.05) is 0 Å². The van der Waals surface area contributed by atoms with E-state index in [0.29, 0.717) is 29.1 Å². The number of carbonyl (C=O) groups excluding carboxylic acids is 2. The summed E-state index contributed by atoms with van der Waals surface area (Å²) in [7, 11) is 0. The third-order valence-electron chi connectivity index (χ3n) is 4.38. The largest absolute Gasteiger partial charge is 0.467 e. The molecule has 0 radical (unpaired) electrons. The van der Waals surface area contributed by atoms with E-state index >= 15 is 0 Å². The van der Waals surface area contributed by atoms with E-state index in [4.69, 9.17) is 4.42 Å². The number of amides is 3. The number of rotatable bonds is 4. The Morgan fingerprint density at radius 1 is 1.23 bits per heavy atom. The van der Waals surface area contributed by atoms with Crippen LogP contribution in [0.15, 0.2) is 58.3 Å². The lowest BCUT2D eigenvalue weighted by molar-refractivity contribution is -0.384. The highest BCUT2D eigenvalue weighted by atomic mass is 16.6. The first kappa shape index (κ1) is 15.9. The molecule has 2 N–H and O–H groups in total. The van der Waals surface area contributed by atoms with Crippen LogP contribution >= 0.6 is 0 Å². The zero-order valence-electron chi connectivity index (χ0n) is 13.5. The Bertz CT molecular complexity index is 917. The molecule has 2 aromatic rings. The van der Waals surface area contributed by atoms with Gasteiger partial charge in [0.05, 0.1) is 41.6 Å². The van der Waals surface area contributed by atoms with Crippen LogP contribution in [0.4, 0.5) is 10.5 Å². The van der Waals surface area contributed by atoms with Crippen LogP contribution in [0.25, 0.3) is 0 Å². The highest BCUT2D eigenvalue weighted by Crippen LogP contribution is 2.33. The highest BCUT2D eigenvalue weighted by Gasteiger charge is 2.40. The van der Waals surface area contributed by atoms with Crippen LogP contribution in [0.1, 0.15) is 17.4 Å². The molecule has 0 saturated carbocycles. The summed E-state index contributed by atoms with van der Waals surface area (Å²) in [6.07, 6.45) is 1.53. The average molecular weight is 354 g/mol. The molecule has 0 unspecified atom stereocenters. The number of nitro benzene ring substituents is 1. The van der Waals surface area contributed by atoms with Crippen molar-refractivity contribution in [3.63, 3.8) is 0 Å². The minimum Gasteiger partial charge on any atom is -0.467 e. The van der Waals surface area contributed by atoms with Crippen molar-refractivity contribution in [2.75, 3.05) is 6.54 Å². The first-order chi connectivity index (χ1) is 12.5. The molecule has 2 aliphatic heterocycles. The molecule has 0 spiro atoms. The number of nitrogens with one attached hydrogen (secondary N) is 2. The van der Waals surface area contributed by atoms with Gasteiger partial charge in [-0.2, -0.15) is 0 Å². The van der Waals surface area contributed by atoms with Crippen LogP contribution in [0.5, 0.6) is 0 Å². The van der Waals surface area contributed by atoms with Gasteiger partial charge in [0.15, 0.2) is 0 Å². The topological polar surface area (TPSA) is 118 Å². The number of nitro groups is 1. The monoisotopic (exact) mass is 354 g/mol. The summed E-state index contributed by atoms with van der Waals surface area (Å²) in [5, 5.41) is 16.2. The molecule has 9 nitrogen and oxygen atoms in total. The number of non-ortho nitro benzene ring substituents is 1. The molecule has 1 aromatic heterocycles. The van der Waals surface area contributed by atoms with E-state index in [1.807, 2.05) is 0 Å². The van der Waals surface area contributed by atoms with Crippen molar-refractivity contribution in [3.05, 3.63) is 75.4 Å². The predicted octanol–water partition coefficient (Wildman–Crippen LogP) is 1.84. The normalized spacial score (nSPS) is 19.2. The Kier molecular flexibility index (Phi) is 3.68. The molecule has 0 aliphatic carbocycles. The third-order valence-corrected chi connectivity index (χ3v) is 4.38. The zero-order chi connectivity index (χ0) is 18.3. The fraction of sp³-hybridized carbons (Fsp3) is 0.176. The summed E-state index contributed by atoms with van der Waals surface area (Å²) in [6.45, 7) is 0.563. The van der Waals surface area contributed by atoms with E-state index in [1.165, 1.54) is 18.4 Å². The minimum absolute atomic E-state index is 0.0552.